The highest BCUT2D eigenvalue weighted by molar-refractivity contribution is 7.90. The molecule has 0 spiro atoms. The van der Waals surface area contributed by atoms with Crippen molar-refractivity contribution in [3.05, 3.63) is 0 Å². The molecule has 0 saturated carbocycles. The fraction of sp³-hybridized carbons (Fsp3) is 0.778. The monoisotopic (exact) mass is 247 g/mol. The first-order valence-corrected chi connectivity index (χ1v) is 6.48. The summed E-state index contributed by atoms with van der Waals surface area (Å²) in [7, 11) is -0.429. The van der Waals surface area contributed by atoms with Crippen LogP contribution in [-0.2, 0) is 14.8 Å². The smallest absolute Gasteiger partial charge is 0.227 e. The third-order valence-electron chi connectivity index (χ3n) is 2.03. The molecule has 0 aromatic rings. The van der Waals surface area contributed by atoms with Crippen molar-refractivity contribution in [1.82, 2.24) is 9.62 Å². The number of carbonyl (C=O) groups excluding carboxylic acids is 1. The van der Waals surface area contributed by atoms with Crippen molar-refractivity contribution >= 4 is 15.9 Å². The van der Waals surface area contributed by atoms with Gasteiger partial charge in [-0.25, -0.2) is 13.1 Å². The van der Waals surface area contributed by atoms with Crippen molar-refractivity contribution in [1.29, 1.82) is 5.26 Å². The van der Waals surface area contributed by atoms with E-state index in [1.165, 1.54) is 4.90 Å². The summed E-state index contributed by atoms with van der Waals surface area (Å²) in [4.78, 5) is 12.5. The highest BCUT2D eigenvalue weighted by Crippen LogP contribution is 2.02. The zero-order valence-electron chi connectivity index (χ0n) is 9.73. The van der Waals surface area contributed by atoms with Gasteiger partial charge >= 0.3 is 0 Å². The van der Waals surface area contributed by atoms with Crippen molar-refractivity contribution in [2.45, 2.75) is 25.0 Å². The van der Waals surface area contributed by atoms with Gasteiger partial charge in [0.15, 0.2) is 5.25 Å². The molecule has 0 aliphatic rings. The van der Waals surface area contributed by atoms with E-state index in [2.05, 4.69) is 4.72 Å². The Morgan fingerprint density at radius 2 is 2.06 bits per heavy atom. The molecule has 1 atom stereocenters. The first kappa shape index (κ1) is 14.9. The normalized spacial score (nSPS) is 12.9. The number of carbonyl (C=O) groups is 1. The summed E-state index contributed by atoms with van der Waals surface area (Å²) in [6.07, 6.45) is 0.321. The number of sulfonamides is 1. The van der Waals surface area contributed by atoms with Crippen molar-refractivity contribution in [2.75, 3.05) is 20.6 Å². The number of amides is 1. The van der Waals surface area contributed by atoms with Crippen molar-refractivity contribution < 1.29 is 13.2 Å². The summed E-state index contributed by atoms with van der Waals surface area (Å²) in [5.74, 6) is -0.160. The van der Waals surface area contributed by atoms with E-state index >= 15 is 0 Å². The Morgan fingerprint density at radius 1 is 1.50 bits per heavy atom. The van der Waals surface area contributed by atoms with Gasteiger partial charge in [-0.15, -0.1) is 0 Å². The highest BCUT2D eigenvalue weighted by Gasteiger charge is 2.22. The Kier molecular flexibility index (Phi) is 6.00. The van der Waals surface area contributed by atoms with Gasteiger partial charge in [0.25, 0.3) is 0 Å². The number of nitrogens with zero attached hydrogens (tertiary/aromatic N) is 2. The number of nitrogens with one attached hydrogen (secondary N) is 1. The van der Waals surface area contributed by atoms with E-state index in [0.717, 1.165) is 0 Å². The Balaban J connectivity index is 4.22. The van der Waals surface area contributed by atoms with Crippen LogP contribution in [0.3, 0.4) is 0 Å². The van der Waals surface area contributed by atoms with Crippen LogP contribution in [0.4, 0.5) is 0 Å². The molecule has 1 amide bonds. The molecule has 1 N–H and O–H groups in total. The summed E-state index contributed by atoms with van der Waals surface area (Å²) in [6.45, 7) is 1.65. The van der Waals surface area contributed by atoms with Crippen LogP contribution in [0.1, 0.15) is 19.8 Å². The summed E-state index contributed by atoms with van der Waals surface area (Å²) >= 11 is 0. The lowest BCUT2D eigenvalue weighted by Crippen LogP contribution is -2.35. The molecule has 0 bridgehead atoms. The minimum absolute atomic E-state index is 0.0253. The van der Waals surface area contributed by atoms with E-state index in [1.807, 2.05) is 0 Å². The van der Waals surface area contributed by atoms with Crippen molar-refractivity contribution in [3.63, 3.8) is 0 Å². The molecule has 0 aliphatic heterocycles. The lowest BCUT2D eigenvalue weighted by Gasteiger charge is -2.12. The van der Waals surface area contributed by atoms with Crippen LogP contribution in [0.5, 0.6) is 0 Å². The van der Waals surface area contributed by atoms with Crippen LogP contribution >= 0.6 is 0 Å². The van der Waals surface area contributed by atoms with Crippen molar-refractivity contribution in [3.8, 4) is 6.07 Å². The van der Waals surface area contributed by atoms with Crippen LogP contribution in [0.2, 0.25) is 0 Å². The lowest BCUT2D eigenvalue weighted by atomic mass is 10.4. The lowest BCUT2D eigenvalue weighted by molar-refractivity contribution is -0.128. The van der Waals surface area contributed by atoms with Gasteiger partial charge in [0.2, 0.25) is 15.9 Å². The van der Waals surface area contributed by atoms with Gasteiger partial charge in [-0.2, -0.15) is 5.26 Å². The Hall–Kier alpha value is -1.13. The van der Waals surface area contributed by atoms with Crippen LogP contribution in [0.15, 0.2) is 0 Å². The summed E-state index contributed by atoms with van der Waals surface area (Å²) in [6, 6.07) is 1.71. The second-order valence-corrected chi connectivity index (χ2v) is 5.45. The Bertz CT molecular complexity index is 370. The van der Waals surface area contributed by atoms with Crippen LogP contribution < -0.4 is 4.72 Å². The van der Waals surface area contributed by atoms with Gasteiger partial charge in [-0.05, 0) is 6.42 Å². The quantitative estimate of drug-likeness (QED) is 0.697. The Labute approximate surface area is 96.3 Å². The average molecular weight is 247 g/mol. The molecule has 92 valence electrons. The first-order valence-electron chi connectivity index (χ1n) is 4.93. The predicted octanol–water partition coefficient (Wildman–Crippen LogP) is -0.314. The molecular weight excluding hydrogens is 230 g/mol. The second-order valence-electron chi connectivity index (χ2n) is 3.50. The van der Waals surface area contributed by atoms with E-state index < -0.39 is 15.3 Å². The third kappa shape index (κ3) is 4.59. The van der Waals surface area contributed by atoms with Gasteiger partial charge in [-0.3, -0.25) is 4.79 Å². The van der Waals surface area contributed by atoms with Gasteiger partial charge in [0, 0.05) is 27.1 Å². The zero-order valence-corrected chi connectivity index (χ0v) is 10.5. The van der Waals surface area contributed by atoms with E-state index in [4.69, 9.17) is 5.26 Å². The van der Waals surface area contributed by atoms with E-state index in [-0.39, 0.29) is 25.3 Å². The fourth-order valence-electron chi connectivity index (χ4n) is 1.00. The molecule has 0 rings (SSSR count). The minimum atomic E-state index is -3.63. The molecule has 0 saturated heterocycles. The molecule has 7 heteroatoms. The molecule has 0 radical (unpaired) electrons. The van der Waals surface area contributed by atoms with Crippen LogP contribution in [-0.4, -0.2) is 45.1 Å². The number of hydrogen-bond acceptors (Lipinski definition) is 4. The second kappa shape index (κ2) is 6.45. The summed E-state index contributed by atoms with van der Waals surface area (Å²) in [5.41, 5.74) is 0. The fourth-order valence-corrected chi connectivity index (χ4v) is 2.17. The molecule has 0 heterocycles. The molecule has 6 nitrogen and oxygen atoms in total. The average Bonchev–Trinajstić information content (AvgIpc) is 2.18. The molecule has 0 fully saturated rings. The minimum Gasteiger partial charge on any atom is -0.349 e. The molecule has 16 heavy (non-hydrogen) atoms. The molecular formula is C9H17N3O3S. The number of nitriles is 1. The third-order valence-corrected chi connectivity index (χ3v) is 3.82. The predicted molar refractivity (Wildman–Crippen MR) is 59.9 cm³/mol. The SMILES string of the molecule is CCC(C#N)S(=O)(=O)NCCC(=O)N(C)C. The maximum absolute atomic E-state index is 11.5. The van der Waals surface area contributed by atoms with Crippen LogP contribution in [0, 0.1) is 11.3 Å². The number of hydrogen-bond donors (Lipinski definition) is 1. The maximum atomic E-state index is 11.5. The molecule has 1 unspecified atom stereocenters. The van der Waals surface area contributed by atoms with Gasteiger partial charge in [0.05, 0.1) is 6.07 Å². The largest absolute Gasteiger partial charge is 0.349 e. The van der Waals surface area contributed by atoms with E-state index in [9.17, 15) is 13.2 Å². The van der Waals surface area contributed by atoms with Crippen molar-refractivity contribution in [2.24, 2.45) is 0 Å². The number of rotatable bonds is 6. The first-order chi connectivity index (χ1) is 7.35. The standard InChI is InChI=1S/C9H17N3O3S/c1-4-8(7-10)16(14,15)11-6-5-9(13)12(2)3/h8,11H,4-6H2,1-3H3. The molecule has 0 aromatic heterocycles. The summed E-state index contributed by atoms with van der Waals surface area (Å²) in [5, 5.41) is 7.56. The summed E-state index contributed by atoms with van der Waals surface area (Å²) < 4.78 is 25.2. The molecule has 0 aliphatic carbocycles. The van der Waals surface area contributed by atoms with E-state index in [1.54, 1.807) is 27.1 Å². The highest BCUT2D eigenvalue weighted by atomic mass is 32.2. The Morgan fingerprint density at radius 3 is 2.44 bits per heavy atom. The van der Waals surface area contributed by atoms with Crippen LogP contribution in [0.25, 0.3) is 0 Å². The zero-order chi connectivity index (χ0) is 12.8. The van der Waals surface area contributed by atoms with Gasteiger partial charge in [0.1, 0.15) is 0 Å². The molecule has 0 aromatic carbocycles. The van der Waals surface area contributed by atoms with Gasteiger partial charge in [-0.1, -0.05) is 6.92 Å². The van der Waals surface area contributed by atoms with E-state index in [0.29, 0.717) is 0 Å². The maximum Gasteiger partial charge on any atom is 0.227 e. The van der Waals surface area contributed by atoms with Gasteiger partial charge < -0.3 is 4.90 Å². The topological polar surface area (TPSA) is 90.3 Å².